The number of ether oxygens (including phenoxy) is 1. The molecule has 2 aromatic rings. The van der Waals surface area contributed by atoms with E-state index in [4.69, 9.17) is 4.74 Å². The van der Waals surface area contributed by atoms with E-state index >= 15 is 0 Å². The molecule has 0 spiro atoms. The van der Waals surface area contributed by atoms with Crippen LogP contribution in [0.25, 0.3) is 10.6 Å². The highest BCUT2D eigenvalue weighted by Gasteiger charge is 2.13. The second-order valence-corrected chi connectivity index (χ2v) is 6.25. The van der Waals surface area contributed by atoms with E-state index in [0.717, 1.165) is 10.6 Å². The van der Waals surface area contributed by atoms with Gasteiger partial charge < -0.3 is 4.74 Å². The topological polar surface area (TPSA) is 69.2 Å². The van der Waals surface area contributed by atoms with Crippen LogP contribution in [0.2, 0.25) is 0 Å². The predicted octanol–water partition coefficient (Wildman–Crippen LogP) is 2.82. The fraction of sp³-hybridized carbons (Fsp3) is 0.286. The van der Waals surface area contributed by atoms with Crippen molar-refractivity contribution in [2.24, 2.45) is 0 Å². The van der Waals surface area contributed by atoms with Crippen LogP contribution in [0, 0.1) is 0 Å². The van der Waals surface area contributed by atoms with Crippen LogP contribution < -0.4 is 0 Å². The zero-order chi connectivity index (χ0) is 15.1. The van der Waals surface area contributed by atoms with Crippen molar-refractivity contribution in [3.63, 3.8) is 0 Å². The van der Waals surface area contributed by atoms with Crippen molar-refractivity contribution in [3.05, 3.63) is 30.3 Å². The number of carbonyl (C=O) groups excluding carboxylic acids is 2. The number of esters is 1. The average Bonchev–Trinajstić information content (AvgIpc) is 2.95. The lowest BCUT2D eigenvalue weighted by Crippen LogP contribution is -2.12. The number of rotatable bonds is 7. The van der Waals surface area contributed by atoms with Gasteiger partial charge in [0.15, 0.2) is 10.1 Å². The number of carbonyl (C=O) groups is 2. The Hall–Kier alpha value is -1.73. The van der Waals surface area contributed by atoms with E-state index in [9.17, 15) is 9.59 Å². The molecule has 1 aromatic heterocycles. The molecule has 0 atom stereocenters. The van der Waals surface area contributed by atoms with Crippen molar-refractivity contribution in [3.8, 4) is 10.6 Å². The van der Waals surface area contributed by atoms with Crippen LogP contribution in [-0.4, -0.2) is 34.3 Å². The molecule has 0 bridgehead atoms. The zero-order valence-electron chi connectivity index (χ0n) is 11.4. The SMILES string of the molecule is CCOC(=O)CC(=O)CSc1nnc(-c2ccccc2)s1. The number of ketones is 1. The molecule has 2 rings (SSSR count). The van der Waals surface area contributed by atoms with Crippen molar-refractivity contribution in [1.82, 2.24) is 10.2 Å². The molecular weight excluding hydrogens is 308 g/mol. The van der Waals surface area contributed by atoms with E-state index in [1.807, 2.05) is 30.3 Å². The van der Waals surface area contributed by atoms with Gasteiger partial charge in [0.1, 0.15) is 11.4 Å². The molecule has 0 fully saturated rings. The predicted molar refractivity (Wildman–Crippen MR) is 82.3 cm³/mol. The fourth-order valence-electron chi connectivity index (χ4n) is 1.53. The molecule has 0 N–H and O–H groups in total. The Morgan fingerprint density at radius 3 is 2.71 bits per heavy atom. The van der Waals surface area contributed by atoms with Crippen LogP contribution in [0.1, 0.15) is 13.3 Å². The molecule has 7 heteroatoms. The summed E-state index contributed by atoms with van der Waals surface area (Å²) in [5.74, 6) is -0.456. The Balaban J connectivity index is 1.86. The van der Waals surface area contributed by atoms with Crippen LogP contribution in [0.3, 0.4) is 0 Å². The number of hydrogen-bond acceptors (Lipinski definition) is 7. The smallest absolute Gasteiger partial charge is 0.313 e. The van der Waals surface area contributed by atoms with E-state index in [2.05, 4.69) is 10.2 Å². The van der Waals surface area contributed by atoms with Crippen molar-refractivity contribution in [1.29, 1.82) is 0 Å². The van der Waals surface area contributed by atoms with E-state index in [-0.39, 0.29) is 24.6 Å². The van der Waals surface area contributed by atoms with Gasteiger partial charge >= 0.3 is 5.97 Å². The van der Waals surface area contributed by atoms with Crippen molar-refractivity contribution < 1.29 is 14.3 Å². The highest BCUT2D eigenvalue weighted by Crippen LogP contribution is 2.29. The summed E-state index contributed by atoms with van der Waals surface area (Å²) in [6.45, 7) is 2.00. The molecule has 1 aromatic carbocycles. The van der Waals surface area contributed by atoms with Crippen LogP contribution in [0.5, 0.6) is 0 Å². The first-order chi connectivity index (χ1) is 10.2. The van der Waals surface area contributed by atoms with Crippen molar-refractivity contribution >= 4 is 34.9 Å². The quantitative estimate of drug-likeness (QED) is 0.443. The summed E-state index contributed by atoms with van der Waals surface area (Å²) in [4.78, 5) is 22.8. The van der Waals surface area contributed by atoms with Gasteiger partial charge in [0.25, 0.3) is 0 Å². The van der Waals surface area contributed by atoms with E-state index in [1.165, 1.54) is 23.1 Å². The summed E-state index contributed by atoms with van der Waals surface area (Å²) in [6, 6.07) is 9.73. The van der Waals surface area contributed by atoms with Crippen LogP contribution in [-0.2, 0) is 14.3 Å². The molecule has 0 aliphatic heterocycles. The van der Waals surface area contributed by atoms with E-state index < -0.39 is 5.97 Å². The van der Waals surface area contributed by atoms with Gasteiger partial charge in [-0.1, -0.05) is 53.4 Å². The molecule has 5 nitrogen and oxygen atoms in total. The molecule has 0 aliphatic carbocycles. The standard InChI is InChI=1S/C14H14N2O3S2/c1-2-19-12(18)8-11(17)9-20-14-16-15-13(21-14)10-6-4-3-5-7-10/h3-7H,2,8-9H2,1H3. The molecular formula is C14H14N2O3S2. The largest absolute Gasteiger partial charge is 0.466 e. The number of aromatic nitrogens is 2. The molecule has 1 heterocycles. The molecule has 0 saturated carbocycles. The summed E-state index contributed by atoms with van der Waals surface area (Å²) in [5.41, 5.74) is 1.000. The van der Waals surface area contributed by atoms with Gasteiger partial charge in [0.05, 0.1) is 12.4 Å². The minimum Gasteiger partial charge on any atom is -0.466 e. The molecule has 0 saturated heterocycles. The maximum absolute atomic E-state index is 11.6. The zero-order valence-corrected chi connectivity index (χ0v) is 13.1. The number of Topliss-reactive ketones (excluding diaryl/α,β-unsaturated/α-hetero) is 1. The third-order valence-corrected chi connectivity index (χ3v) is 4.60. The molecule has 0 unspecified atom stereocenters. The average molecular weight is 322 g/mol. The molecule has 110 valence electrons. The lowest BCUT2D eigenvalue weighted by Gasteiger charge is -1.99. The number of nitrogens with zero attached hydrogens (tertiary/aromatic N) is 2. The number of thioether (sulfide) groups is 1. The molecule has 0 radical (unpaired) electrons. The Morgan fingerprint density at radius 2 is 2.00 bits per heavy atom. The van der Waals surface area contributed by atoms with Crippen molar-refractivity contribution in [2.75, 3.05) is 12.4 Å². The third-order valence-electron chi connectivity index (χ3n) is 2.43. The highest BCUT2D eigenvalue weighted by atomic mass is 32.2. The Morgan fingerprint density at radius 1 is 1.24 bits per heavy atom. The first kappa shape index (κ1) is 15.7. The maximum atomic E-state index is 11.6. The normalized spacial score (nSPS) is 10.3. The number of hydrogen-bond donors (Lipinski definition) is 0. The first-order valence-electron chi connectivity index (χ1n) is 6.38. The summed E-state index contributed by atoms with van der Waals surface area (Å²) in [5, 5.41) is 8.96. The lowest BCUT2D eigenvalue weighted by molar-refractivity contribution is -0.145. The van der Waals surface area contributed by atoms with Crippen LogP contribution in [0.4, 0.5) is 0 Å². The first-order valence-corrected chi connectivity index (χ1v) is 8.18. The second-order valence-electron chi connectivity index (χ2n) is 4.05. The Kier molecular flexibility index (Phi) is 5.89. The monoisotopic (exact) mass is 322 g/mol. The second kappa shape index (κ2) is 7.90. The molecule has 0 amide bonds. The van der Waals surface area contributed by atoms with Gasteiger partial charge in [-0.25, -0.2) is 0 Å². The van der Waals surface area contributed by atoms with Gasteiger partial charge in [-0.3, -0.25) is 9.59 Å². The summed E-state index contributed by atoms with van der Waals surface area (Å²) in [7, 11) is 0. The van der Waals surface area contributed by atoms with Gasteiger partial charge in [-0.05, 0) is 6.92 Å². The minimum atomic E-state index is -0.481. The van der Waals surface area contributed by atoms with Gasteiger partial charge in [0, 0.05) is 5.56 Å². The Bertz CT molecular complexity index is 614. The van der Waals surface area contributed by atoms with Crippen molar-refractivity contribution in [2.45, 2.75) is 17.7 Å². The molecule has 21 heavy (non-hydrogen) atoms. The lowest BCUT2D eigenvalue weighted by atomic mass is 10.2. The van der Waals surface area contributed by atoms with Gasteiger partial charge in [-0.2, -0.15) is 0 Å². The fourth-order valence-corrected chi connectivity index (χ4v) is 3.25. The van der Waals surface area contributed by atoms with Crippen LogP contribution in [0.15, 0.2) is 34.7 Å². The third kappa shape index (κ3) is 4.95. The number of benzene rings is 1. The Labute approximate surface area is 130 Å². The molecule has 0 aliphatic rings. The van der Waals surface area contributed by atoms with Gasteiger partial charge in [-0.15, -0.1) is 10.2 Å². The van der Waals surface area contributed by atoms with Gasteiger partial charge in [0.2, 0.25) is 0 Å². The summed E-state index contributed by atoms with van der Waals surface area (Å²) >= 11 is 2.72. The minimum absolute atomic E-state index is 0.171. The highest BCUT2D eigenvalue weighted by molar-refractivity contribution is 8.01. The van der Waals surface area contributed by atoms with E-state index in [1.54, 1.807) is 6.92 Å². The van der Waals surface area contributed by atoms with E-state index in [0.29, 0.717) is 4.34 Å². The maximum Gasteiger partial charge on any atom is 0.313 e. The van der Waals surface area contributed by atoms with Crippen LogP contribution >= 0.6 is 23.1 Å². The summed E-state index contributed by atoms with van der Waals surface area (Å²) in [6.07, 6.45) is -0.189. The summed E-state index contributed by atoms with van der Waals surface area (Å²) < 4.78 is 5.45.